The summed E-state index contributed by atoms with van der Waals surface area (Å²) in [6.07, 6.45) is 1.17. The maximum atomic E-state index is 13.0. The molecule has 0 aliphatic rings. The number of anilines is 1. The number of Topliss-reactive ketones (excluding diaryl/α,β-unsaturated/α-hetero) is 1. The molecular formula is C21H36N6O3. The molecule has 0 spiro atoms. The Balaban J connectivity index is 3.04. The number of benzene rings is 1. The zero-order chi connectivity index (χ0) is 23.1. The van der Waals surface area contributed by atoms with Gasteiger partial charge < -0.3 is 32.6 Å². The number of nitrogens with two attached hydrogens (primary N) is 3. The number of rotatable bonds is 10. The lowest BCUT2D eigenvalue weighted by atomic mass is 9.93. The van der Waals surface area contributed by atoms with Crippen LogP contribution in [0.1, 0.15) is 57.8 Å². The number of aliphatic imine (C=N–C) groups is 1. The topological polar surface area (TPSA) is 158 Å². The third kappa shape index (κ3) is 8.38. The molecule has 1 unspecified atom stereocenters. The van der Waals surface area contributed by atoms with Crippen molar-refractivity contribution >= 4 is 23.3 Å². The molecule has 0 aromatic heterocycles. The molecule has 1 amide bonds. The van der Waals surface area contributed by atoms with Gasteiger partial charge in [-0.25, -0.2) is 0 Å². The number of hydrogen-bond donors (Lipinski definition) is 5. The Morgan fingerprint density at radius 3 is 2.30 bits per heavy atom. The molecule has 1 rings (SSSR count). The van der Waals surface area contributed by atoms with Crippen LogP contribution in [-0.4, -0.2) is 48.4 Å². The van der Waals surface area contributed by atoms with Gasteiger partial charge in [0.1, 0.15) is 5.75 Å². The third-order valence-electron chi connectivity index (χ3n) is 4.17. The second-order valence-electron chi connectivity index (χ2n) is 8.85. The molecule has 168 valence electrons. The van der Waals surface area contributed by atoms with Gasteiger partial charge in [-0.1, -0.05) is 0 Å². The average molecular weight is 421 g/mol. The predicted molar refractivity (Wildman–Crippen MR) is 121 cm³/mol. The van der Waals surface area contributed by atoms with Crippen LogP contribution in [0.4, 0.5) is 5.69 Å². The maximum absolute atomic E-state index is 13.0. The van der Waals surface area contributed by atoms with E-state index in [-0.39, 0.29) is 23.2 Å². The molecular weight excluding hydrogens is 384 g/mol. The average Bonchev–Trinajstić information content (AvgIpc) is 2.61. The first-order valence-electron chi connectivity index (χ1n) is 9.90. The number of ether oxygens (including phenoxy) is 1. The van der Waals surface area contributed by atoms with Crippen molar-refractivity contribution in [3.63, 3.8) is 0 Å². The number of carbonyl (C=O) groups excluding carboxylic acids is 2. The number of nitrogens with zero attached hydrogens (tertiary/aromatic N) is 1. The van der Waals surface area contributed by atoms with E-state index in [1.165, 1.54) is 7.11 Å². The number of hydrogen-bond acceptors (Lipinski definition) is 6. The summed E-state index contributed by atoms with van der Waals surface area (Å²) in [4.78, 5) is 29.6. The Labute approximate surface area is 178 Å². The first-order chi connectivity index (χ1) is 13.7. The minimum atomic E-state index is -1.07. The van der Waals surface area contributed by atoms with Crippen molar-refractivity contribution in [1.29, 1.82) is 0 Å². The summed E-state index contributed by atoms with van der Waals surface area (Å²) in [5, 5.41) is 6.19. The molecule has 0 saturated heterocycles. The largest absolute Gasteiger partial charge is 0.496 e. The summed E-state index contributed by atoms with van der Waals surface area (Å²) in [6.45, 7) is 9.63. The molecule has 0 fully saturated rings. The standard InChI is InChI=1S/C21H36N6O3/c1-20(2,3)27-15(8-7-11-25-19(22)23)18(29)26-13-9-10-16(30-6)14(12-13)17(28)21(4,5)24/h9-10,12,15,27H,7-8,11,24H2,1-6H3,(H,26,29)(H4,22,23,25). The van der Waals surface area contributed by atoms with Gasteiger partial charge in [0.25, 0.3) is 0 Å². The highest BCUT2D eigenvalue weighted by molar-refractivity contribution is 6.06. The van der Waals surface area contributed by atoms with Gasteiger partial charge in [-0.2, -0.15) is 0 Å². The normalized spacial score (nSPS) is 12.8. The molecule has 9 nitrogen and oxygen atoms in total. The number of nitrogens with one attached hydrogen (secondary N) is 2. The first-order valence-corrected chi connectivity index (χ1v) is 9.90. The van der Waals surface area contributed by atoms with Crippen LogP contribution >= 0.6 is 0 Å². The van der Waals surface area contributed by atoms with Gasteiger partial charge >= 0.3 is 0 Å². The van der Waals surface area contributed by atoms with Gasteiger partial charge in [-0.05, 0) is 65.7 Å². The Hall–Kier alpha value is -2.65. The summed E-state index contributed by atoms with van der Waals surface area (Å²) < 4.78 is 5.29. The molecule has 0 radical (unpaired) electrons. The quantitative estimate of drug-likeness (QED) is 0.165. The lowest BCUT2D eigenvalue weighted by Crippen LogP contribution is -2.49. The molecule has 9 heteroatoms. The smallest absolute Gasteiger partial charge is 0.241 e. The SMILES string of the molecule is COc1ccc(NC(=O)C(CCCN=C(N)N)NC(C)(C)C)cc1C(=O)C(C)(C)N. The van der Waals surface area contributed by atoms with Crippen LogP contribution in [0, 0.1) is 0 Å². The summed E-state index contributed by atoms with van der Waals surface area (Å²) in [5.41, 5.74) is 16.1. The summed E-state index contributed by atoms with van der Waals surface area (Å²) in [5.74, 6) is -0.0709. The molecule has 0 saturated carbocycles. The molecule has 8 N–H and O–H groups in total. The molecule has 1 atom stereocenters. The number of guanidine groups is 1. The first kappa shape index (κ1) is 25.4. The van der Waals surface area contributed by atoms with Crippen LogP contribution in [0.25, 0.3) is 0 Å². The van der Waals surface area contributed by atoms with Gasteiger partial charge in [0.2, 0.25) is 5.91 Å². The molecule has 1 aromatic carbocycles. The van der Waals surface area contributed by atoms with E-state index in [0.717, 1.165) is 0 Å². The van der Waals surface area contributed by atoms with Crippen LogP contribution in [0.2, 0.25) is 0 Å². The van der Waals surface area contributed by atoms with Crippen molar-refractivity contribution in [2.24, 2.45) is 22.2 Å². The predicted octanol–water partition coefficient (Wildman–Crippen LogP) is 1.36. The van der Waals surface area contributed by atoms with Crippen molar-refractivity contribution in [3.8, 4) is 5.75 Å². The van der Waals surface area contributed by atoms with E-state index in [4.69, 9.17) is 21.9 Å². The Morgan fingerprint density at radius 2 is 1.80 bits per heavy atom. The Bertz CT molecular complexity index is 774. The fourth-order valence-electron chi connectivity index (χ4n) is 2.83. The van der Waals surface area contributed by atoms with E-state index in [0.29, 0.717) is 36.4 Å². The minimum Gasteiger partial charge on any atom is -0.496 e. The molecule has 1 aromatic rings. The van der Waals surface area contributed by atoms with E-state index in [2.05, 4.69) is 15.6 Å². The van der Waals surface area contributed by atoms with Crippen LogP contribution in [0.15, 0.2) is 23.2 Å². The zero-order valence-electron chi connectivity index (χ0n) is 18.8. The van der Waals surface area contributed by atoms with Crippen molar-refractivity contribution in [1.82, 2.24) is 5.32 Å². The van der Waals surface area contributed by atoms with Crippen LogP contribution in [0.5, 0.6) is 5.75 Å². The van der Waals surface area contributed by atoms with Crippen molar-refractivity contribution in [2.75, 3.05) is 19.0 Å². The second-order valence-corrected chi connectivity index (χ2v) is 8.85. The molecule has 30 heavy (non-hydrogen) atoms. The van der Waals surface area contributed by atoms with Gasteiger partial charge in [0, 0.05) is 17.8 Å². The highest BCUT2D eigenvalue weighted by atomic mass is 16.5. The molecule has 0 heterocycles. The van der Waals surface area contributed by atoms with Crippen LogP contribution in [-0.2, 0) is 4.79 Å². The van der Waals surface area contributed by atoms with Gasteiger partial charge in [0.05, 0.1) is 24.3 Å². The highest BCUT2D eigenvalue weighted by Crippen LogP contribution is 2.26. The van der Waals surface area contributed by atoms with E-state index < -0.39 is 11.6 Å². The van der Waals surface area contributed by atoms with E-state index in [1.807, 2.05) is 20.8 Å². The van der Waals surface area contributed by atoms with Crippen LogP contribution < -0.4 is 32.6 Å². The van der Waals surface area contributed by atoms with Gasteiger partial charge in [-0.15, -0.1) is 0 Å². The van der Waals surface area contributed by atoms with Crippen molar-refractivity contribution < 1.29 is 14.3 Å². The number of amides is 1. The van der Waals surface area contributed by atoms with E-state index in [9.17, 15) is 9.59 Å². The fraction of sp³-hybridized carbons (Fsp3) is 0.571. The lowest BCUT2D eigenvalue weighted by Gasteiger charge is -2.28. The van der Waals surface area contributed by atoms with Crippen molar-refractivity contribution in [2.45, 2.75) is 64.6 Å². The van der Waals surface area contributed by atoms with E-state index >= 15 is 0 Å². The maximum Gasteiger partial charge on any atom is 0.241 e. The Morgan fingerprint density at radius 1 is 1.17 bits per heavy atom. The number of ketones is 1. The Kier molecular flexibility index (Phi) is 8.80. The molecule has 0 aliphatic heterocycles. The zero-order valence-corrected chi connectivity index (χ0v) is 18.8. The fourth-order valence-corrected chi connectivity index (χ4v) is 2.83. The second kappa shape index (κ2) is 10.4. The highest BCUT2D eigenvalue weighted by Gasteiger charge is 2.28. The number of methoxy groups -OCH3 is 1. The lowest BCUT2D eigenvalue weighted by molar-refractivity contribution is -0.118. The minimum absolute atomic E-state index is 0.0260. The summed E-state index contributed by atoms with van der Waals surface area (Å²) in [7, 11) is 1.48. The van der Waals surface area contributed by atoms with E-state index in [1.54, 1.807) is 32.0 Å². The monoisotopic (exact) mass is 420 g/mol. The molecule has 0 bridgehead atoms. The third-order valence-corrected chi connectivity index (χ3v) is 4.17. The van der Waals surface area contributed by atoms with Crippen LogP contribution in [0.3, 0.4) is 0 Å². The summed E-state index contributed by atoms with van der Waals surface area (Å²) >= 11 is 0. The number of carbonyl (C=O) groups is 2. The summed E-state index contributed by atoms with van der Waals surface area (Å²) in [6, 6.07) is 4.44. The van der Waals surface area contributed by atoms with Crippen molar-refractivity contribution in [3.05, 3.63) is 23.8 Å². The molecule has 0 aliphatic carbocycles. The van der Waals surface area contributed by atoms with Gasteiger partial charge in [0.15, 0.2) is 11.7 Å². The van der Waals surface area contributed by atoms with Gasteiger partial charge in [-0.3, -0.25) is 14.6 Å².